The molecule has 0 fully saturated rings. The molecule has 240 valence electrons. The highest BCUT2D eigenvalue weighted by Crippen LogP contribution is 2.36. The Bertz CT molecular complexity index is 2320. The first-order chi connectivity index (χ1) is 23.1. The average Bonchev–Trinajstić information content (AvgIpc) is 3.75. The topological polar surface area (TPSA) is 165 Å². The summed E-state index contributed by atoms with van der Waals surface area (Å²) in [6.07, 6.45) is 6.59. The second-order valence-corrected chi connectivity index (χ2v) is 11.8. The molecule has 12 nitrogen and oxygen atoms in total. The number of halogens is 2. The number of rotatable bonds is 4. The van der Waals surface area contributed by atoms with Crippen LogP contribution in [0.4, 0.5) is 23.0 Å². The summed E-state index contributed by atoms with van der Waals surface area (Å²) in [6, 6.07) is 17.0. The van der Waals surface area contributed by atoms with E-state index in [-0.39, 0.29) is 23.0 Å². The van der Waals surface area contributed by atoms with Gasteiger partial charge in [-0.3, -0.25) is 8.80 Å². The lowest BCUT2D eigenvalue weighted by Crippen LogP contribution is -2.01. The van der Waals surface area contributed by atoms with E-state index >= 15 is 0 Å². The molecule has 48 heavy (non-hydrogen) atoms. The third-order valence-corrected chi connectivity index (χ3v) is 8.45. The quantitative estimate of drug-likeness (QED) is 0.100. The number of aromatic nitrogens is 6. The van der Waals surface area contributed by atoms with Crippen molar-refractivity contribution in [1.29, 1.82) is 0 Å². The van der Waals surface area contributed by atoms with Gasteiger partial charge in [-0.1, -0.05) is 47.5 Å². The SMILES string of the molecule is Cc1cccc(Cl)c1Nc1nc2cc(O)c(O)cc2n2cncc12.Cc1cccc(Cl)c1Nc1nc2cc(O)c(O)cc2n2cncc12. The summed E-state index contributed by atoms with van der Waals surface area (Å²) in [5.74, 6) is 0.246. The van der Waals surface area contributed by atoms with Gasteiger partial charge in [-0.2, -0.15) is 0 Å². The zero-order valence-electron chi connectivity index (χ0n) is 25.3. The van der Waals surface area contributed by atoms with Crippen molar-refractivity contribution >= 4 is 79.3 Å². The Labute approximate surface area is 282 Å². The highest BCUT2D eigenvalue weighted by Gasteiger charge is 2.15. The Kier molecular flexibility index (Phi) is 7.66. The van der Waals surface area contributed by atoms with E-state index in [0.717, 1.165) is 33.5 Å². The lowest BCUT2D eigenvalue weighted by molar-refractivity contribution is 0.404. The second kappa shape index (κ2) is 12.0. The van der Waals surface area contributed by atoms with Gasteiger partial charge >= 0.3 is 0 Å². The molecule has 0 atom stereocenters. The van der Waals surface area contributed by atoms with E-state index in [2.05, 4.69) is 30.6 Å². The minimum absolute atomic E-state index is 0.207. The van der Waals surface area contributed by atoms with Gasteiger partial charge in [-0.15, -0.1) is 0 Å². The second-order valence-electron chi connectivity index (χ2n) is 11.0. The Morgan fingerprint density at radius 1 is 0.562 bits per heavy atom. The molecular weight excluding hydrogens is 655 g/mol. The molecule has 0 saturated carbocycles. The van der Waals surface area contributed by atoms with E-state index < -0.39 is 0 Å². The first-order valence-corrected chi connectivity index (χ1v) is 15.2. The van der Waals surface area contributed by atoms with Crippen LogP contribution in [0.5, 0.6) is 23.0 Å². The molecule has 4 heterocycles. The first kappa shape index (κ1) is 30.7. The Hall–Kier alpha value is -5.98. The molecule has 0 saturated heterocycles. The maximum Gasteiger partial charge on any atom is 0.159 e. The Morgan fingerprint density at radius 3 is 1.35 bits per heavy atom. The molecule has 0 bridgehead atoms. The van der Waals surface area contributed by atoms with E-state index in [0.29, 0.717) is 43.7 Å². The molecule has 14 heteroatoms. The molecule has 0 aliphatic rings. The number of phenolic OH excluding ortho intramolecular Hbond substituents is 4. The van der Waals surface area contributed by atoms with Crippen LogP contribution in [0.2, 0.25) is 10.0 Å². The number of aromatic hydroxyl groups is 4. The lowest BCUT2D eigenvalue weighted by Gasteiger charge is -2.13. The number of nitrogens with one attached hydrogen (secondary N) is 2. The minimum Gasteiger partial charge on any atom is -0.504 e. The fourth-order valence-electron chi connectivity index (χ4n) is 5.36. The molecule has 8 aromatic rings. The summed E-state index contributed by atoms with van der Waals surface area (Å²) in [7, 11) is 0. The molecule has 0 unspecified atom stereocenters. The van der Waals surface area contributed by atoms with Crippen molar-refractivity contribution in [3.8, 4) is 23.0 Å². The summed E-state index contributed by atoms with van der Waals surface area (Å²) in [5.41, 5.74) is 7.25. The summed E-state index contributed by atoms with van der Waals surface area (Å²) in [6.45, 7) is 3.90. The Balaban J connectivity index is 0.000000152. The van der Waals surface area contributed by atoms with E-state index in [1.165, 1.54) is 24.3 Å². The van der Waals surface area contributed by atoms with Crippen LogP contribution in [-0.2, 0) is 0 Å². The van der Waals surface area contributed by atoms with E-state index in [1.54, 1.807) is 46.0 Å². The van der Waals surface area contributed by atoms with Crippen molar-refractivity contribution in [1.82, 2.24) is 28.7 Å². The number of hydrogen-bond acceptors (Lipinski definition) is 10. The zero-order valence-corrected chi connectivity index (χ0v) is 26.8. The highest BCUT2D eigenvalue weighted by molar-refractivity contribution is 6.34. The fourth-order valence-corrected chi connectivity index (χ4v) is 5.89. The van der Waals surface area contributed by atoms with Crippen molar-refractivity contribution in [2.24, 2.45) is 0 Å². The van der Waals surface area contributed by atoms with Gasteiger partial charge in [-0.25, -0.2) is 19.9 Å². The lowest BCUT2D eigenvalue weighted by atomic mass is 10.2. The van der Waals surface area contributed by atoms with Crippen LogP contribution in [0.3, 0.4) is 0 Å². The standard InChI is InChI=1S/2C17H13ClN4O2/c2*1-9-3-2-4-10(18)16(9)21-17-13-7-19-8-22(13)12-6-15(24)14(23)5-11(12)20-17/h2*2-8,23-24H,1H3,(H,20,21). The molecule has 0 aliphatic heterocycles. The molecular formula is C34H26Cl2N8O4. The molecule has 0 radical (unpaired) electrons. The van der Waals surface area contributed by atoms with Gasteiger partial charge < -0.3 is 31.1 Å². The van der Waals surface area contributed by atoms with Crippen LogP contribution >= 0.6 is 23.2 Å². The number of aryl methyl sites for hydroxylation is 2. The summed E-state index contributed by atoms with van der Waals surface area (Å²) in [5, 5.41) is 46.7. The number of fused-ring (bicyclic) bond motifs is 6. The van der Waals surface area contributed by atoms with Crippen LogP contribution in [-0.4, -0.2) is 49.2 Å². The van der Waals surface area contributed by atoms with Crippen LogP contribution < -0.4 is 10.6 Å². The molecule has 0 spiro atoms. The van der Waals surface area contributed by atoms with Crippen LogP contribution in [0.1, 0.15) is 11.1 Å². The summed E-state index contributed by atoms with van der Waals surface area (Å²) >= 11 is 12.6. The number of imidazole rings is 2. The average molecular weight is 682 g/mol. The van der Waals surface area contributed by atoms with Gasteiger partial charge in [0, 0.05) is 24.3 Å². The van der Waals surface area contributed by atoms with Crippen LogP contribution in [0, 0.1) is 13.8 Å². The molecule has 4 aromatic carbocycles. The van der Waals surface area contributed by atoms with Crippen molar-refractivity contribution in [2.75, 3.05) is 10.6 Å². The van der Waals surface area contributed by atoms with Crippen molar-refractivity contribution < 1.29 is 20.4 Å². The number of anilines is 4. The highest BCUT2D eigenvalue weighted by atomic mass is 35.5. The molecule has 4 aromatic heterocycles. The summed E-state index contributed by atoms with van der Waals surface area (Å²) < 4.78 is 3.58. The van der Waals surface area contributed by atoms with Crippen molar-refractivity contribution in [2.45, 2.75) is 13.8 Å². The van der Waals surface area contributed by atoms with Gasteiger partial charge in [0.25, 0.3) is 0 Å². The first-order valence-electron chi connectivity index (χ1n) is 14.5. The Morgan fingerprint density at radius 2 is 0.958 bits per heavy atom. The number of para-hydroxylation sites is 2. The molecule has 6 N–H and O–H groups in total. The molecule has 0 amide bonds. The van der Waals surface area contributed by atoms with E-state index in [1.807, 2.05) is 38.1 Å². The number of benzene rings is 4. The monoisotopic (exact) mass is 680 g/mol. The number of phenols is 4. The molecule has 8 rings (SSSR count). The van der Waals surface area contributed by atoms with Crippen LogP contribution in [0.15, 0.2) is 85.7 Å². The summed E-state index contributed by atoms with van der Waals surface area (Å²) in [4.78, 5) is 17.4. The van der Waals surface area contributed by atoms with Crippen molar-refractivity contribution in [3.63, 3.8) is 0 Å². The fraction of sp³-hybridized carbons (Fsp3) is 0.0588. The largest absolute Gasteiger partial charge is 0.504 e. The van der Waals surface area contributed by atoms with Gasteiger partial charge in [0.15, 0.2) is 34.6 Å². The van der Waals surface area contributed by atoms with Gasteiger partial charge in [-0.05, 0) is 37.1 Å². The van der Waals surface area contributed by atoms with Gasteiger partial charge in [0.2, 0.25) is 0 Å². The number of nitrogens with zero attached hydrogens (tertiary/aromatic N) is 6. The number of hydrogen-bond donors (Lipinski definition) is 6. The minimum atomic E-state index is -0.227. The zero-order chi connectivity index (χ0) is 33.7. The molecule has 0 aliphatic carbocycles. The van der Waals surface area contributed by atoms with E-state index in [9.17, 15) is 20.4 Å². The third-order valence-electron chi connectivity index (χ3n) is 7.82. The smallest absolute Gasteiger partial charge is 0.159 e. The van der Waals surface area contributed by atoms with Gasteiger partial charge in [0.1, 0.15) is 11.0 Å². The third kappa shape index (κ3) is 5.42. The van der Waals surface area contributed by atoms with Crippen LogP contribution in [0.25, 0.3) is 33.1 Å². The van der Waals surface area contributed by atoms with Gasteiger partial charge in [0.05, 0.1) is 68.5 Å². The predicted molar refractivity (Wildman–Crippen MR) is 187 cm³/mol. The normalized spacial score (nSPS) is 11.2. The maximum absolute atomic E-state index is 9.75. The predicted octanol–water partition coefficient (Wildman–Crippen LogP) is 8.00. The van der Waals surface area contributed by atoms with Crippen molar-refractivity contribution in [3.05, 3.63) is 107 Å². The maximum atomic E-state index is 9.75. The van der Waals surface area contributed by atoms with E-state index in [4.69, 9.17) is 23.2 Å².